The predicted octanol–water partition coefficient (Wildman–Crippen LogP) is -0.324. The van der Waals surface area contributed by atoms with E-state index in [4.69, 9.17) is 9.84 Å². The minimum atomic E-state index is -0.344. The van der Waals surface area contributed by atoms with Crippen molar-refractivity contribution in [1.82, 2.24) is 0 Å². The number of hydrogen-bond donors (Lipinski definition) is 2. The van der Waals surface area contributed by atoms with Gasteiger partial charge in [0.05, 0.1) is 24.6 Å². The van der Waals surface area contributed by atoms with E-state index in [2.05, 4.69) is 12.6 Å². The third kappa shape index (κ3) is 1.08. The molecule has 0 aromatic heterocycles. The molecule has 0 radical (unpaired) electrons. The first-order valence-corrected chi connectivity index (χ1v) is 2.76. The van der Waals surface area contributed by atoms with Crippen molar-refractivity contribution in [2.75, 3.05) is 13.2 Å². The third-order valence-corrected chi connectivity index (χ3v) is 1.51. The van der Waals surface area contributed by atoms with Crippen molar-refractivity contribution in [3.63, 3.8) is 0 Å². The number of rotatable bonds is 0. The second kappa shape index (κ2) is 2.03. The maximum atomic E-state index is 8.80. The summed E-state index contributed by atoms with van der Waals surface area (Å²) in [5.74, 6) is 0. The van der Waals surface area contributed by atoms with E-state index in [0.29, 0.717) is 13.2 Å². The lowest BCUT2D eigenvalue weighted by atomic mass is 10.3. The molecule has 1 saturated heterocycles. The molecule has 0 aromatic rings. The van der Waals surface area contributed by atoms with Crippen molar-refractivity contribution < 1.29 is 9.84 Å². The van der Waals surface area contributed by atoms with E-state index in [0.717, 1.165) is 0 Å². The van der Waals surface area contributed by atoms with Crippen molar-refractivity contribution in [3.05, 3.63) is 0 Å². The van der Waals surface area contributed by atoms with E-state index in [9.17, 15) is 0 Å². The first kappa shape index (κ1) is 5.41. The number of thiol groups is 1. The Kier molecular flexibility index (Phi) is 1.57. The molecule has 1 fully saturated rings. The fourth-order valence-electron chi connectivity index (χ4n) is 0.532. The summed E-state index contributed by atoms with van der Waals surface area (Å²) in [6, 6.07) is 0. The van der Waals surface area contributed by atoms with E-state index in [1.54, 1.807) is 0 Å². The molecule has 0 saturated carbocycles. The van der Waals surface area contributed by atoms with Gasteiger partial charge in [-0.05, 0) is 0 Å². The van der Waals surface area contributed by atoms with Gasteiger partial charge >= 0.3 is 0 Å². The van der Waals surface area contributed by atoms with Crippen LogP contribution in [-0.2, 0) is 4.74 Å². The summed E-state index contributed by atoms with van der Waals surface area (Å²) in [6.45, 7) is 1.04. The van der Waals surface area contributed by atoms with E-state index in [-0.39, 0.29) is 11.4 Å². The van der Waals surface area contributed by atoms with Gasteiger partial charge in [-0.1, -0.05) is 0 Å². The maximum absolute atomic E-state index is 8.80. The molecule has 0 bridgehead atoms. The largest absolute Gasteiger partial charge is 0.389 e. The van der Waals surface area contributed by atoms with Crippen LogP contribution in [0.15, 0.2) is 0 Å². The van der Waals surface area contributed by atoms with Crippen molar-refractivity contribution in [2.24, 2.45) is 0 Å². The molecule has 1 heterocycles. The number of hydrogen-bond acceptors (Lipinski definition) is 3. The lowest BCUT2D eigenvalue weighted by Crippen LogP contribution is -2.16. The molecule has 1 aliphatic heterocycles. The summed E-state index contributed by atoms with van der Waals surface area (Å²) in [5, 5.41) is 8.84. The molecule has 1 aliphatic rings. The monoisotopic (exact) mass is 120 g/mol. The maximum Gasteiger partial charge on any atom is 0.0911 e. The van der Waals surface area contributed by atoms with Crippen LogP contribution in [0, 0.1) is 0 Å². The highest BCUT2D eigenvalue weighted by Gasteiger charge is 2.21. The normalized spacial score (nSPS) is 42.0. The summed E-state index contributed by atoms with van der Waals surface area (Å²) in [5.41, 5.74) is 0. The summed E-state index contributed by atoms with van der Waals surface area (Å²) in [7, 11) is 0. The standard InChI is InChI=1S/C4H8O2S/c5-3-1-6-2-4(3)7/h3-5,7H,1-2H2/t3-,4-/m1/s1. The molecule has 3 heteroatoms. The second-order valence-electron chi connectivity index (χ2n) is 1.67. The summed E-state index contributed by atoms with van der Waals surface area (Å²) < 4.78 is 4.84. The van der Waals surface area contributed by atoms with Crippen LogP contribution in [0.2, 0.25) is 0 Å². The fraction of sp³-hybridized carbons (Fsp3) is 1.00. The quantitative estimate of drug-likeness (QED) is 0.429. The zero-order valence-corrected chi connectivity index (χ0v) is 4.77. The van der Waals surface area contributed by atoms with Gasteiger partial charge in [-0.2, -0.15) is 12.6 Å². The predicted molar refractivity (Wildman–Crippen MR) is 29.6 cm³/mol. The second-order valence-corrected chi connectivity index (χ2v) is 2.34. The molecule has 42 valence electrons. The zero-order valence-electron chi connectivity index (χ0n) is 3.87. The van der Waals surface area contributed by atoms with Crippen LogP contribution >= 0.6 is 12.6 Å². The molecule has 0 amide bonds. The topological polar surface area (TPSA) is 29.5 Å². The van der Waals surface area contributed by atoms with Gasteiger partial charge in [-0.15, -0.1) is 0 Å². The van der Waals surface area contributed by atoms with Gasteiger partial charge in [-0.25, -0.2) is 0 Å². The Balaban J connectivity index is 2.33. The minimum absolute atomic E-state index is 0.0417. The molecule has 2 nitrogen and oxygen atoms in total. The lowest BCUT2D eigenvalue weighted by molar-refractivity contribution is 0.127. The van der Waals surface area contributed by atoms with Gasteiger partial charge in [0.15, 0.2) is 0 Å². The van der Waals surface area contributed by atoms with Crippen molar-refractivity contribution in [3.8, 4) is 0 Å². The average Bonchev–Trinajstić information content (AvgIpc) is 1.91. The lowest BCUT2D eigenvalue weighted by Gasteiger charge is -2.00. The highest BCUT2D eigenvalue weighted by Crippen LogP contribution is 2.09. The van der Waals surface area contributed by atoms with Crippen LogP contribution < -0.4 is 0 Å². The third-order valence-electron chi connectivity index (χ3n) is 1.02. The highest BCUT2D eigenvalue weighted by molar-refractivity contribution is 7.81. The molecule has 0 unspecified atom stereocenters. The molecule has 1 rings (SSSR count). The Morgan fingerprint density at radius 2 is 2.29 bits per heavy atom. The molecule has 0 aromatic carbocycles. The molecular formula is C4H8O2S. The summed E-state index contributed by atoms with van der Waals surface area (Å²) >= 11 is 4.01. The Bertz CT molecular complexity index is 58.7. The van der Waals surface area contributed by atoms with E-state index in [1.165, 1.54) is 0 Å². The number of aliphatic hydroxyl groups is 1. The first-order chi connectivity index (χ1) is 3.30. The summed E-state index contributed by atoms with van der Waals surface area (Å²) in [6.07, 6.45) is -0.344. The van der Waals surface area contributed by atoms with Crippen LogP contribution in [0.4, 0.5) is 0 Å². The smallest absolute Gasteiger partial charge is 0.0911 e. The molecule has 0 aliphatic carbocycles. The van der Waals surface area contributed by atoms with E-state index < -0.39 is 0 Å². The highest BCUT2D eigenvalue weighted by atomic mass is 32.1. The van der Waals surface area contributed by atoms with Crippen molar-refractivity contribution in [2.45, 2.75) is 11.4 Å². The van der Waals surface area contributed by atoms with E-state index >= 15 is 0 Å². The first-order valence-electron chi connectivity index (χ1n) is 2.24. The Morgan fingerprint density at radius 1 is 1.57 bits per heavy atom. The van der Waals surface area contributed by atoms with Gasteiger partial charge < -0.3 is 9.84 Å². The van der Waals surface area contributed by atoms with Crippen LogP contribution in [0.3, 0.4) is 0 Å². The van der Waals surface area contributed by atoms with Crippen LogP contribution in [-0.4, -0.2) is 29.7 Å². The van der Waals surface area contributed by atoms with Gasteiger partial charge in [0.25, 0.3) is 0 Å². The van der Waals surface area contributed by atoms with E-state index in [1.807, 2.05) is 0 Å². The average molecular weight is 120 g/mol. The van der Waals surface area contributed by atoms with Crippen LogP contribution in [0.25, 0.3) is 0 Å². The number of aliphatic hydroxyl groups excluding tert-OH is 1. The van der Waals surface area contributed by atoms with Gasteiger partial charge in [0, 0.05) is 0 Å². The number of ether oxygens (including phenoxy) is 1. The molecule has 2 atom stereocenters. The van der Waals surface area contributed by atoms with Crippen molar-refractivity contribution >= 4 is 12.6 Å². The fourth-order valence-corrected chi connectivity index (χ4v) is 0.723. The van der Waals surface area contributed by atoms with Crippen LogP contribution in [0.5, 0.6) is 0 Å². The zero-order chi connectivity index (χ0) is 5.28. The SMILES string of the molecule is O[C@@H]1COC[C@H]1S. The van der Waals surface area contributed by atoms with Gasteiger partial charge in [-0.3, -0.25) is 0 Å². The van der Waals surface area contributed by atoms with Crippen molar-refractivity contribution in [1.29, 1.82) is 0 Å². The Hall–Kier alpha value is 0.270. The van der Waals surface area contributed by atoms with Gasteiger partial charge in [0.1, 0.15) is 0 Å². The summed E-state index contributed by atoms with van der Waals surface area (Å²) in [4.78, 5) is 0. The van der Waals surface area contributed by atoms with Crippen LogP contribution in [0.1, 0.15) is 0 Å². The molecule has 1 N–H and O–H groups in total. The van der Waals surface area contributed by atoms with Gasteiger partial charge in [0.2, 0.25) is 0 Å². The minimum Gasteiger partial charge on any atom is -0.389 e. The Labute approximate surface area is 47.9 Å². The molecule has 7 heavy (non-hydrogen) atoms. The molecular weight excluding hydrogens is 112 g/mol. The Morgan fingerprint density at radius 3 is 2.43 bits per heavy atom. The molecule has 0 spiro atoms.